The predicted molar refractivity (Wildman–Crippen MR) is 75.0 cm³/mol. The lowest BCUT2D eigenvalue weighted by Gasteiger charge is -2.28. The zero-order valence-corrected chi connectivity index (χ0v) is 12.1. The molecular formula is C12H17BrN2O3. The van der Waals surface area contributed by atoms with E-state index in [4.69, 9.17) is 5.11 Å². The third-order valence-corrected chi connectivity index (χ3v) is 3.12. The molecule has 0 bridgehead atoms. The van der Waals surface area contributed by atoms with E-state index >= 15 is 0 Å². The molecule has 0 heterocycles. The van der Waals surface area contributed by atoms with Gasteiger partial charge >= 0.3 is 0 Å². The summed E-state index contributed by atoms with van der Waals surface area (Å²) in [5.74, 6) is 0. The number of anilines is 1. The SMILES string of the molecule is CC(C)N(CCCO)c1ccc(Br)cc1[N+](=O)[O-]. The van der Waals surface area contributed by atoms with Gasteiger partial charge in [-0.15, -0.1) is 0 Å². The highest BCUT2D eigenvalue weighted by molar-refractivity contribution is 9.10. The second-order valence-electron chi connectivity index (χ2n) is 4.25. The molecule has 6 heteroatoms. The Kier molecular flexibility index (Phi) is 5.55. The van der Waals surface area contributed by atoms with Crippen molar-refractivity contribution in [2.24, 2.45) is 0 Å². The van der Waals surface area contributed by atoms with E-state index in [1.165, 1.54) is 6.07 Å². The molecule has 0 saturated carbocycles. The third kappa shape index (κ3) is 3.68. The number of aliphatic hydroxyl groups is 1. The van der Waals surface area contributed by atoms with Crippen LogP contribution in [0.4, 0.5) is 11.4 Å². The molecule has 100 valence electrons. The molecule has 0 atom stereocenters. The molecule has 0 aromatic heterocycles. The van der Waals surface area contributed by atoms with Crippen LogP contribution in [0, 0.1) is 10.1 Å². The number of nitro benzene ring substituents is 1. The van der Waals surface area contributed by atoms with Gasteiger partial charge in [0.15, 0.2) is 0 Å². The fourth-order valence-electron chi connectivity index (χ4n) is 1.78. The summed E-state index contributed by atoms with van der Waals surface area (Å²) in [6.07, 6.45) is 0.589. The molecule has 0 saturated heterocycles. The molecule has 5 nitrogen and oxygen atoms in total. The maximum absolute atomic E-state index is 11.1. The van der Waals surface area contributed by atoms with Gasteiger partial charge in [-0.1, -0.05) is 15.9 Å². The molecule has 1 rings (SSSR count). The first-order valence-corrected chi connectivity index (χ1v) is 6.58. The van der Waals surface area contributed by atoms with Crippen LogP contribution in [0.15, 0.2) is 22.7 Å². The summed E-state index contributed by atoms with van der Waals surface area (Å²) in [6, 6.07) is 5.16. The summed E-state index contributed by atoms with van der Waals surface area (Å²) in [7, 11) is 0. The Morgan fingerprint density at radius 2 is 2.17 bits per heavy atom. The van der Waals surface area contributed by atoms with Gasteiger partial charge in [-0.25, -0.2) is 0 Å². The molecule has 1 aromatic rings. The Morgan fingerprint density at radius 3 is 2.67 bits per heavy atom. The molecule has 0 aliphatic carbocycles. The summed E-state index contributed by atoms with van der Waals surface area (Å²) in [4.78, 5) is 12.6. The van der Waals surface area contributed by atoms with Crippen molar-refractivity contribution in [3.63, 3.8) is 0 Å². The highest BCUT2D eigenvalue weighted by Crippen LogP contribution is 2.32. The first kappa shape index (κ1) is 14.9. The van der Waals surface area contributed by atoms with Gasteiger partial charge in [0.05, 0.1) is 4.92 Å². The lowest BCUT2D eigenvalue weighted by atomic mass is 10.2. The van der Waals surface area contributed by atoms with E-state index in [1.54, 1.807) is 12.1 Å². The van der Waals surface area contributed by atoms with Crippen LogP contribution in [-0.4, -0.2) is 29.2 Å². The highest BCUT2D eigenvalue weighted by Gasteiger charge is 2.21. The Balaban J connectivity index is 3.14. The first-order valence-electron chi connectivity index (χ1n) is 5.78. The largest absolute Gasteiger partial charge is 0.396 e. The first-order chi connectivity index (χ1) is 8.47. The van der Waals surface area contributed by atoms with E-state index in [-0.39, 0.29) is 23.3 Å². The molecule has 0 amide bonds. The van der Waals surface area contributed by atoms with Crippen LogP contribution in [-0.2, 0) is 0 Å². The number of nitrogens with zero attached hydrogens (tertiary/aromatic N) is 2. The average molecular weight is 317 g/mol. The summed E-state index contributed by atoms with van der Waals surface area (Å²) in [6.45, 7) is 4.62. The lowest BCUT2D eigenvalue weighted by Crippen LogP contribution is -2.32. The fraction of sp³-hybridized carbons (Fsp3) is 0.500. The monoisotopic (exact) mass is 316 g/mol. The maximum Gasteiger partial charge on any atom is 0.293 e. The van der Waals surface area contributed by atoms with Crippen molar-refractivity contribution in [3.8, 4) is 0 Å². The Hall–Kier alpha value is -1.14. The standard InChI is InChI=1S/C12H17BrN2O3/c1-9(2)14(6-3-7-16)11-5-4-10(13)8-12(11)15(17)18/h4-5,8-9,16H,3,6-7H2,1-2H3. The quantitative estimate of drug-likeness (QED) is 0.647. The number of rotatable bonds is 6. The van der Waals surface area contributed by atoms with Crippen molar-refractivity contribution in [1.29, 1.82) is 0 Å². The predicted octanol–water partition coefficient (Wildman–Crippen LogP) is 2.95. The fourth-order valence-corrected chi connectivity index (χ4v) is 2.13. The summed E-state index contributed by atoms with van der Waals surface area (Å²) >= 11 is 3.24. The number of hydrogen-bond acceptors (Lipinski definition) is 4. The third-order valence-electron chi connectivity index (χ3n) is 2.62. The summed E-state index contributed by atoms with van der Waals surface area (Å²) in [5.41, 5.74) is 0.669. The lowest BCUT2D eigenvalue weighted by molar-refractivity contribution is -0.384. The van der Waals surface area contributed by atoms with E-state index in [2.05, 4.69) is 15.9 Å². The summed E-state index contributed by atoms with van der Waals surface area (Å²) in [5, 5.41) is 20.0. The zero-order valence-electron chi connectivity index (χ0n) is 10.5. The highest BCUT2D eigenvalue weighted by atomic mass is 79.9. The molecule has 0 fully saturated rings. The van der Waals surface area contributed by atoms with E-state index in [0.29, 0.717) is 23.1 Å². The minimum absolute atomic E-state index is 0.0769. The van der Waals surface area contributed by atoms with Crippen LogP contribution >= 0.6 is 15.9 Å². The number of aliphatic hydroxyl groups excluding tert-OH is 1. The van der Waals surface area contributed by atoms with E-state index in [1.807, 2.05) is 18.7 Å². The second-order valence-corrected chi connectivity index (χ2v) is 5.17. The van der Waals surface area contributed by atoms with Gasteiger partial charge < -0.3 is 10.0 Å². The van der Waals surface area contributed by atoms with E-state index in [0.717, 1.165) is 0 Å². The minimum atomic E-state index is -0.381. The van der Waals surface area contributed by atoms with Crippen molar-refractivity contribution in [3.05, 3.63) is 32.8 Å². The smallest absolute Gasteiger partial charge is 0.293 e. The van der Waals surface area contributed by atoms with Crippen molar-refractivity contribution in [1.82, 2.24) is 0 Å². The van der Waals surface area contributed by atoms with Gasteiger partial charge in [0.2, 0.25) is 0 Å². The second kappa shape index (κ2) is 6.70. The zero-order chi connectivity index (χ0) is 13.7. The van der Waals surface area contributed by atoms with Gasteiger partial charge in [-0.05, 0) is 32.4 Å². The molecule has 0 spiro atoms. The topological polar surface area (TPSA) is 66.6 Å². The number of nitro groups is 1. The minimum Gasteiger partial charge on any atom is -0.396 e. The average Bonchev–Trinajstić information content (AvgIpc) is 2.30. The van der Waals surface area contributed by atoms with Crippen LogP contribution in [0.3, 0.4) is 0 Å². The van der Waals surface area contributed by atoms with Gasteiger partial charge in [-0.2, -0.15) is 0 Å². The van der Waals surface area contributed by atoms with Crippen molar-refractivity contribution in [2.75, 3.05) is 18.1 Å². The van der Waals surface area contributed by atoms with Crippen molar-refractivity contribution in [2.45, 2.75) is 26.3 Å². The van der Waals surface area contributed by atoms with Gasteiger partial charge in [0, 0.05) is 29.7 Å². The summed E-state index contributed by atoms with van der Waals surface area (Å²) < 4.78 is 0.684. The van der Waals surface area contributed by atoms with Crippen LogP contribution in [0.1, 0.15) is 20.3 Å². The molecular weight excluding hydrogens is 300 g/mol. The molecule has 1 N–H and O–H groups in total. The van der Waals surface area contributed by atoms with Crippen molar-refractivity contribution < 1.29 is 10.0 Å². The van der Waals surface area contributed by atoms with Crippen LogP contribution in [0.5, 0.6) is 0 Å². The van der Waals surface area contributed by atoms with Crippen LogP contribution in [0.25, 0.3) is 0 Å². The number of halogens is 1. The molecule has 0 radical (unpaired) electrons. The Bertz CT molecular complexity index is 424. The van der Waals surface area contributed by atoms with Gasteiger partial charge in [-0.3, -0.25) is 10.1 Å². The van der Waals surface area contributed by atoms with E-state index in [9.17, 15) is 10.1 Å². The molecule has 0 unspecified atom stereocenters. The van der Waals surface area contributed by atoms with E-state index < -0.39 is 0 Å². The maximum atomic E-state index is 11.1. The molecule has 18 heavy (non-hydrogen) atoms. The van der Waals surface area contributed by atoms with Gasteiger partial charge in [0.25, 0.3) is 5.69 Å². The molecule has 1 aromatic carbocycles. The Morgan fingerprint density at radius 1 is 1.50 bits per heavy atom. The van der Waals surface area contributed by atoms with Crippen LogP contribution < -0.4 is 4.90 Å². The number of benzene rings is 1. The Labute approximate surface area is 115 Å². The molecule has 0 aliphatic heterocycles. The van der Waals surface area contributed by atoms with Crippen LogP contribution in [0.2, 0.25) is 0 Å². The number of hydrogen-bond donors (Lipinski definition) is 1. The van der Waals surface area contributed by atoms with Crippen molar-refractivity contribution >= 4 is 27.3 Å². The molecule has 0 aliphatic rings. The normalized spacial score (nSPS) is 10.7. The van der Waals surface area contributed by atoms with Gasteiger partial charge in [0.1, 0.15) is 5.69 Å².